The number of hydrogen-bond donors (Lipinski definition) is 2. The molecule has 94 valence electrons. The van der Waals surface area contributed by atoms with Crippen molar-refractivity contribution >= 4 is 27.5 Å². The fourth-order valence-corrected chi connectivity index (χ4v) is 2.26. The van der Waals surface area contributed by atoms with E-state index in [1.54, 1.807) is 12.1 Å². The fraction of sp³-hybridized carbons (Fsp3) is 0.417. The Kier molecular flexibility index (Phi) is 5.44. The number of nitrogens with one attached hydrogen (secondary N) is 1. The number of rotatable bonds is 6. The van der Waals surface area contributed by atoms with E-state index in [1.807, 2.05) is 20.2 Å². The molecule has 1 aromatic carbocycles. The van der Waals surface area contributed by atoms with Crippen LogP contribution in [0.15, 0.2) is 22.7 Å². The maximum Gasteiger partial charge on any atom is 0.248 e. The molecule has 0 fully saturated rings. The van der Waals surface area contributed by atoms with E-state index in [1.165, 1.54) is 0 Å². The van der Waals surface area contributed by atoms with Gasteiger partial charge in [0.2, 0.25) is 5.91 Å². The van der Waals surface area contributed by atoms with Gasteiger partial charge in [-0.15, -0.1) is 0 Å². The molecule has 3 N–H and O–H groups in total. The highest BCUT2D eigenvalue weighted by molar-refractivity contribution is 9.10. The summed E-state index contributed by atoms with van der Waals surface area (Å²) in [6.07, 6.45) is 1.07. The minimum atomic E-state index is -0.407. The van der Waals surface area contributed by atoms with Crippen molar-refractivity contribution in [3.8, 4) is 0 Å². The van der Waals surface area contributed by atoms with Crippen molar-refractivity contribution in [1.29, 1.82) is 0 Å². The molecule has 0 radical (unpaired) electrons. The lowest BCUT2D eigenvalue weighted by atomic mass is 10.2. The van der Waals surface area contributed by atoms with Crippen LogP contribution in [0.5, 0.6) is 0 Å². The molecule has 17 heavy (non-hydrogen) atoms. The standard InChI is InChI=1S/C12H18BrN3O/c1-15-6-3-7-16(2)11-5-4-9(12(14)17)8-10(11)13/h4-5,8,15H,3,6-7H2,1-2H3,(H2,14,17). The quantitative estimate of drug-likeness (QED) is 0.785. The minimum absolute atomic E-state index is 0.407. The number of amides is 1. The van der Waals surface area contributed by atoms with Gasteiger partial charge in [0, 0.05) is 23.6 Å². The molecule has 0 aliphatic heterocycles. The van der Waals surface area contributed by atoms with Gasteiger partial charge < -0.3 is 16.0 Å². The van der Waals surface area contributed by atoms with Crippen LogP contribution in [-0.2, 0) is 0 Å². The van der Waals surface area contributed by atoms with Crippen molar-refractivity contribution in [3.05, 3.63) is 28.2 Å². The lowest BCUT2D eigenvalue weighted by molar-refractivity contribution is 0.100. The van der Waals surface area contributed by atoms with Gasteiger partial charge in [0.1, 0.15) is 0 Å². The molecular weight excluding hydrogens is 282 g/mol. The Balaban J connectivity index is 2.74. The monoisotopic (exact) mass is 299 g/mol. The highest BCUT2D eigenvalue weighted by Gasteiger charge is 2.08. The molecule has 1 aromatic rings. The van der Waals surface area contributed by atoms with Crippen molar-refractivity contribution in [2.75, 3.05) is 32.1 Å². The Morgan fingerprint density at radius 3 is 2.76 bits per heavy atom. The highest BCUT2D eigenvalue weighted by Crippen LogP contribution is 2.26. The van der Waals surface area contributed by atoms with Crippen LogP contribution in [0.2, 0.25) is 0 Å². The topological polar surface area (TPSA) is 58.4 Å². The molecule has 0 aromatic heterocycles. The lowest BCUT2D eigenvalue weighted by Gasteiger charge is -2.21. The zero-order valence-corrected chi connectivity index (χ0v) is 11.8. The van der Waals surface area contributed by atoms with Gasteiger partial charge >= 0.3 is 0 Å². The second kappa shape index (κ2) is 6.61. The van der Waals surface area contributed by atoms with E-state index >= 15 is 0 Å². The third-order valence-corrected chi connectivity index (χ3v) is 3.20. The zero-order valence-electron chi connectivity index (χ0n) is 10.2. The van der Waals surface area contributed by atoms with Crippen LogP contribution < -0.4 is 16.0 Å². The third-order valence-electron chi connectivity index (χ3n) is 2.56. The van der Waals surface area contributed by atoms with E-state index < -0.39 is 5.91 Å². The van der Waals surface area contributed by atoms with Crippen LogP contribution >= 0.6 is 15.9 Å². The smallest absolute Gasteiger partial charge is 0.248 e. The van der Waals surface area contributed by atoms with Crippen LogP contribution in [0.1, 0.15) is 16.8 Å². The maximum absolute atomic E-state index is 11.0. The molecule has 0 spiro atoms. The van der Waals surface area contributed by atoms with E-state index in [-0.39, 0.29) is 0 Å². The van der Waals surface area contributed by atoms with Crippen LogP contribution in [0.3, 0.4) is 0 Å². The number of nitrogens with zero attached hydrogens (tertiary/aromatic N) is 1. The summed E-state index contributed by atoms with van der Waals surface area (Å²) in [6.45, 7) is 1.94. The number of halogens is 1. The second-order valence-corrected chi connectivity index (χ2v) is 4.76. The van der Waals surface area contributed by atoms with Crippen molar-refractivity contribution in [3.63, 3.8) is 0 Å². The molecule has 0 aliphatic carbocycles. The van der Waals surface area contributed by atoms with Gasteiger partial charge in [0.05, 0.1) is 5.69 Å². The van der Waals surface area contributed by atoms with E-state index in [9.17, 15) is 4.79 Å². The summed E-state index contributed by atoms with van der Waals surface area (Å²) in [4.78, 5) is 13.2. The van der Waals surface area contributed by atoms with Crippen molar-refractivity contribution in [2.24, 2.45) is 5.73 Å². The molecule has 0 heterocycles. The number of carbonyl (C=O) groups excluding carboxylic acids is 1. The summed E-state index contributed by atoms with van der Waals surface area (Å²) in [5, 5.41) is 3.11. The minimum Gasteiger partial charge on any atom is -0.374 e. The normalized spacial score (nSPS) is 10.3. The molecule has 1 amide bonds. The average molecular weight is 300 g/mol. The van der Waals surface area contributed by atoms with Gasteiger partial charge in [0.15, 0.2) is 0 Å². The number of carbonyl (C=O) groups is 1. The molecule has 0 saturated carbocycles. The number of hydrogen-bond acceptors (Lipinski definition) is 3. The largest absolute Gasteiger partial charge is 0.374 e. The van der Waals surface area contributed by atoms with Crippen LogP contribution in [0.4, 0.5) is 5.69 Å². The van der Waals surface area contributed by atoms with E-state index in [0.29, 0.717) is 5.56 Å². The summed E-state index contributed by atoms with van der Waals surface area (Å²) >= 11 is 3.46. The first kappa shape index (κ1) is 14.0. The van der Waals surface area contributed by atoms with Gasteiger partial charge in [-0.2, -0.15) is 0 Å². The summed E-state index contributed by atoms with van der Waals surface area (Å²) in [6, 6.07) is 5.41. The van der Waals surface area contributed by atoms with Gasteiger partial charge in [-0.25, -0.2) is 0 Å². The first-order valence-corrected chi connectivity index (χ1v) is 6.30. The van der Waals surface area contributed by atoms with Crippen LogP contribution in [-0.4, -0.2) is 33.1 Å². The molecule has 5 heteroatoms. The number of anilines is 1. The molecular formula is C12H18BrN3O. The zero-order chi connectivity index (χ0) is 12.8. The summed E-state index contributed by atoms with van der Waals surface area (Å²) in [7, 11) is 3.97. The Labute approximate surface area is 110 Å². The van der Waals surface area contributed by atoms with Gasteiger partial charge in [-0.1, -0.05) is 0 Å². The molecule has 1 rings (SSSR count). The lowest BCUT2D eigenvalue weighted by Crippen LogP contribution is -2.22. The van der Waals surface area contributed by atoms with E-state index in [2.05, 4.69) is 26.1 Å². The van der Waals surface area contributed by atoms with Crippen LogP contribution in [0.25, 0.3) is 0 Å². The highest BCUT2D eigenvalue weighted by atomic mass is 79.9. The van der Waals surface area contributed by atoms with Gasteiger partial charge in [-0.05, 0) is 54.1 Å². The summed E-state index contributed by atoms with van der Waals surface area (Å²) in [5.41, 5.74) is 6.80. The van der Waals surface area contributed by atoms with Gasteiger partial charge in [-0.3, -0.25) is 4.79 Å². The molecule has 0 aliphatic rings. The molecule has 0 unspecified atom stereocenters. The third kappa shape index (κ3) is 4.02. The van der Waals surface area contributed by atoms with E-state index in [0.717, 1.165) is 29.7 Å². The van der Waals surface area contributed by atoms with Gasteiger partial charge in [0.25, 0.3) is 0 Å². The average Bonchev–Trinajstić information content (AvgIpc) is 2.28. The number of nitrogens with two attached hydrogens (primary N) is 1. The predicted octanol–water partition coefficient (Wildman–Crippen LogP) is 1.59. The second-order valence-electron chi connectivity index (χ2n) is 3.91. The Bertz CT molecular complexity index is 395. The van der Waals surface area contributed by atoms with E-state index in [4.69, 9.17) is 5.73 Å². The molecule has 0 atom stereocenters. The fourth-order valence-electron chi connectivity index (χ4n) is 1.58. The van der Waals surface area contributed by atoms with Crippen molar-refractivity contribution < 1.29 is 4.79 Å². The van der Waals surface area contributed by atoms with Crippen molar-refractivity contribution in [2.45, 2.75) is 6.42 Å². The number of primary amides is 1. The van der Waals surface area contributed by atoms with Crippen LogP contribution in [0, 0.1) is 0 Å². The SMILES string of the molecule is CNCCCN(C)c1ccc(C(N)=O)cc1Br. The molecule has 0 bridgehead atoms. The first-order chi connectivity index (χ1) is 8.06. The Hall–Kier alpha value is -1.07. The first-order valence-electron chi connectivity index (χ1n) is 5.51. The summed E-state index contributed by atoms with van der Waals surface area (Å²) in [5.74, 6) is -0.407. The molecule has 0 saturated heterocycles. The van der Waals surface area contributed by atoms with Crippen molar-refractivity contribution in [1.82, 2.24) is 5.32 Å². The Morgan fingerprint density at radius 1 is 1.53 bits per heavy atom. The maximum atomic E-state index is 11.0. The molecule has 4 nitrogen and oxygen atoms in total. The predicted molar refractivity (Wildman–Crippen MR) is 74.5 cm³/mol. The Morgan fingerprint density at radius 2 is 2.24 bits per heavy atom. The number of benzene rings is 1. The summed E-state index contributed by atoms with van der Waals surface area (Å²) < 4.78 is 0.890.